The second kappa shape index (κ2) is 6.85. The highest BCUT2D eigenvalue weighted by molar-refractivity contribution is 6.43. The van der Waals surface area contributed by atoms with Crippen LogP contribution in [0.15, 0.2) is 12.1 Å². The van der Waals surface area contributed by atoms with Gasteiger partial charge in [0.05, 0.1) is 5.02 Å². The van der Waals surface area contributed by atoms with Gasteiger partial charge in [0.15, 0.2) is 0 Å². The van der Waals surface area contributed by atoms with E-state index < -0.39 is 0 Å². The number of hydrogen-bond donors (Lipinski definition) is 2. The van der Waals surface area contributed by atoms with Crippen molar-refractivity contribution in [3.8, 4) is 5.75 Å². The van der Waals surface area contributed by atoms with Gasteiger partial charge in [-0.25, -0.2) is 0 Å². The van der Waals surface area contributed by atoms with Crippen molar-refractivity contribution < 1.29 is 5.11 Å². The molecule has 1 fully saturated rings. The summed E-state index contributed by atoms with van der Waals surface area (Å²) in [5.41, 5.74) is 6.94. The molecule has 0 aliphatic heterocycles. The van der Waals surface area contributed by atoms with Gasteiger partial charge in [-0.3, -0.25) is 0 Å². The fourth-order valence-corrected chi connectivity index (χ4v) is 2.90. The quantitative estimate of drug-likeness (QED) is 0.831. The minimum atomic E-state index is -0.148. The van der Waals surface area contributed by atoms with E-state index in [4.69, 9.17) is 28.9 Å². The van der Waals surface area contributed by atoms with Crippen molar-refractivity contribution in [3.05, 3.63) is 27.7 Å². The molecule has 1 aromatic carbocycles. The Bertz CT molecular complexity index is 405. The minimum absolute atomic E-state index is 0. The lowest BCUT2D eigenvalue weighted by Crippen LogP contribution is -2.23. The van der Waals surface area contributed by atoms with Crippen molar-refractivity contribution in [3.63, 3.8) is 0 Å². The number of phenols is 1. The molecule has 1 aromatic rings. The molecule has 0 aromatic heterocycles. The second-order valence-electron chi connectivity index (χ2n) is 4.72. The van der Waals surface area contributed by atoms with Crippen LogP contribution in [0.2, 0.25) is 10.0 Å². The number of benzene rings is 1. The van der Waals surface area contributed by atoms with E-state index in [1.165, 1.54) is 19.3 Å². The van der Waals surface area contributed by atoms with Gasteiger partial charge in [0.2, 0.25) is 0 Å². The first-order valence-corrected chi connectivity index (χ1v) is 6.79. The molecule has 2 rings (SSSR count). The zero-order valence-electron chi connectivity index (χ0n) is 10.0. The summed E-state index contributed by atoms with van der Waals surface area (Å²) in [6.45, 7) is 0. The van der Waals surface area contributed by atoms with Gasteiger partial charge in [-0.1, -0.05) is 48.5 Å². The van der Waals surface area contributed by atoms with Crippen molar-refractivity contribution in [1.29, 1.82) is 0 Å². The fourth-order valence-electron chi connectivity index (χ4n) is 2.57. The Morgan fingerprint density at radius 1 is 1.17 bits per heavy atom. The zero-order chi connectivity index (χ0) is 12.4. The van der Waals surface area contributed by atoms with Gasteiger partial charge in [0.25, 0.3) is 0 Å². The zero-order valence-corrected chi connectivity index (χ0v) is 12.4. The largest absolute Gasteiger partial charge is 0.506 e. The highest BCUT2D eigenvalue weighted by atomic mass is 35.5. The number of halogens is 3. The fraction of sp³-hybridized carbons (Fsp3) is 0.538. The molecule has 1 atom stereocenters. The summed E-state index contributed by atoms with van der Waals surface area (Å²) in [5.74, 6) is 0.476. The third-order valence-corrected chi connectivity index (χ3v) is 4.41. The number of hydrogen-bond acceptors (Lipinski definition) is 2. The maximum absolute atomic E-state index is 9.98. The topological polar surface area (TPSA) is 46.2 Å². The Morgan fingerprint density at radius 2 is 1.78 bits per heavy atom. The Kier molecular flexibility index (Phi) is 6.06. The summed E-state index contributed by atoms with van der Waals surface area (Å²) in [6, 6.07) is 3.33. The number of rotatable bonds is 2. The molecular formula is C13H18Cl3NO. The van der Waals surface area contributed by atoms with Crippen LogP contribution in [0, 0.1) is 5.92 Å². The third-order valence-electron chi connectivity index (χ3n) is 3.62. The first-order valence-electron chi connectivity index (χ1n) is 6.03. The summed E-state index contributed by atoms with van der Waals surface area (Å²) in [4.78, 5) is 0. The van der Waals surface area contributed by atoms with Crippen LogP contribution >= 0.6 is 35.6 Å². The van der Waals surface area contributed by atoms with Crippen LogP contribution in [0.3, 0.4) is 0 Å². The lowest BCUT2D eigenvalue weighted by Gasteiger charge is -2.28. The molecule has 18 heavy (non-hydrogen) atoms. The molecule has 102 valence electrons. The van der Waals surface area contributed by atoms with Crippen LogP contribution in [0.1, 0.15) is 43.7 Å². The van der Waals surface area contributed by atoms with Gasteiger partial charge in [-0.15, -0.1) is 12.4 Å². The molecule has 0 saturated heterocycles. The van der Waals surface area contributed by atoms with Gasteiger partial charge in [0, 0.05) is 11.6 Å². The lowest BCUT2D eigenvalue weighted by atomic mass is 9.81. The normalized spacial score (nSPS) is 18.2. The van der Waals surface area contributed by atoms with E-state index in [-0.39, 0.29) is 29.2 Å². The van der Waals surface area contributed by atoms with Crippen molar-refractivity contribution in [2.75, 3.05) is 0 Å². The number of aromatic hydroxyl groups is 1. The lowest BCUT2D eigenvalue weighted by molar-refractivity contribution is 0.303. The Morgan fingerprint density at radius 3 is 2.39 bits per heavy atom. The molecule has 0 bridgehead atoms. The van der Waals surface area contributed by atoms with Gasteiger partial charge >= 0.3 is 0 Å². The standard InChI is InChI=1S/C13H17Cl2NO.ClH/c14-10-7-6-9(13(17)11(10)15)12(16)8-4-2-1-3-5-8;/h6-8,12,17H,1-5,16H2;1H/t12-;/m1./s1. The maximum atomic E-state index is 9.98. The first kappa shape index (κ1) is 15.9. The summed E-state index contributed by atoms with van der Waals surface area (Å²) in [7, 11) is 0. The van der Waals surface area contributed by atoms with Crippen LogP contribution in [0.5, 0.6) is 5.75 Å². The minimum Gasteiger partial charge on any atom is -0.506 e. The molecule has 0 unspecified atom stereocenters. The Hall–Kier alpha value is -0.150. The molecule has 5 heteroatoms. The molecule has 1 aliphatic carbocycles. The van der Waals surface area contributed by atoms with E-state index in [1.807, 2.05) is 0 Å². The van der Waals surface area contributed by atoms with Crippen LogP contribution in [-0.2, 0) is 0 Å². The molecule has 0 spiro atoms. The van der Waals surface area contributed by atoms with E-state index in [9.17, 15) is 5.11 Å². The van der Waals surface area contributed by atoms with Crippen LogP contribution in [0.25, 0.3) is 0 Å². The van der Waals surface area contributed by atoms with Gasteiger partial charge in [-0.2, -0.15) is 0 Å². The highest BCUT2D eigenvalue weighted by Crippen LogP contribution is 2.41. The molecule has 1 saturated carbocycles. The summed E-state index contributed by atoms with van der Waals surface area (Å²) in [5, 5.41) is 10.6. The predicted octanol–water partition coefficient (Wildman–Crippen LogP) is 4.70. The average molecular weight is 311 g/mol. The van der Waals surface area contributed by atoms with E-state index in [2.05, 4.69) is 0 Å². The smallest absolute Gasteiger partial charge is 0.140 e. The highest BCUT2D eigenvalue weighted by Gasteiger charge is 2.25. The SMILES string of the molecule is Cl.N[C@@H](c1ccc(Cl)c(Cl)c1O)C1CCCCC1. The van der Waals surface area contributed by atoms with Gasteiger partial charge in [0.1, 0.15) is 10.8 Å². The summed E-state index contributed by atoms with van der Waals surface area (Å²) < 4.78 is 0. The molecular weight excluding hydrogens is 293 g/mol. The summed E-state index contributed by atoms with van der Waals surface area (Å²) in [6.07, 6.45) is 5.99. The molecule has 3 N–H and O–H groups in total. The van der Waals surface area contributed by atoms with Gasteiger partial charge < -0.3 is 10.8 Å². The second-order valence-corrected chi connectivity index (χ2v) is 5.51. The van der Waals surface area contributed by atoms with Crippen LogP contribution in [-0.4, -0.2) is 5.11 Å². The molecule has 0 heterocycles. The van der Waals surface area contributed by atoms with E-state index in [0.717, 1.165) is 12.8 Å². The number of phenolic OH excluding ortho intramolecular Hbond substituents is 1. The first-order chi connectivity index (χ1) is 8.11. The molecule has 0 radical (unpaired) electrons. The molecule has 1 aliphatic rings. The van der Waals surface area contributed by atoms with Crippen molar-refractivity contribution in [1.82, 2.24) is 0 Å². The predicted molar refractivity (Wildman–Crippen MR) is 78.9 cm³/mol. The third kappa shape index (κ3) is 3.24. The van der Waals surface area contributed by atoms with Crippen LogP contribution in [0.4, 0.5) is 0 Å². The van der Waals surface area contributed by atoms with E-state index in [0.29, 0.717) is 16.5 Å². The average Bonchev–Trinajstić information content (AvgIpc) is 2.36. The van der Waals surface area contributed by atoms with Crippen molar-refractivity contribution in [2.24, 2.45) is 11.7 Å². The van der Waals surface area contributed by atoms with E-state index in [1.54, 1.807) is 12.1 Å². The van der Waals surface area contributed by atoms with Crippen molar-refractivity contribution in [2.45, 2.75) is 38.1 Å². The Labute approximate surface area is 124 Å². The van der Waals surface area contributed by atoms with Crippen LogP contribution < -0.4 is 5.73 Å². The van der Waals surface area contributed by atoms with E-state index >= 15 is 0 Å². The molecule has 0 amide bonds. The summed E-state index contributed by atoms with van der Waals surface area (Å²) >= 11 is 11.8. The Balaban J connectivity index is 0.00000162. The maximum Gasteiger partial charge on any atom is 0.140 e. The van der Waals surface area contributed by atoms with Gasteiger partial charge in [-0.05, 0) is 24.8 Å². The molecule has 2 nitrogen and oxygen atoms in total. The monoisotopic (exact) mass is 309 g/mol. The number of nitrogens with two attached hydrogens (primary N) is 1. The van der Waals surface area contributed by atoms with Crippen molar-refractivity contribution >= 4 is 35.6 Å².